The van der Waals surface area contributed by atoms with Crippen LogP contribution in [-0.2, 0) is 0 Å². The molecule has 0 amide bonds. The van der Waals surface area contributed by atoms with Crippen molar-refractivity contribution in [1.82, 2.24) is 0 Å². The quantitative estimate of drug-likeness (QED) is 0.651. The van der Waals surface area contributed by atoms with E-state index in [0.29, 0.717) is 0 Å². The van der Waals surface area contributed by atoms with Crippen molar-refractivity contribution in [2.45, 2.75) is 0 Å². The molecule has 25 heavy (non-hydrogen) atoms. The minimum Gasteiger partial charge on any atom is -0.478 e. The lowest BCUT2D eigenvalue weighted by Crippen LogP contribution is -2.24. The molecule has 2 aromatic rings. The molecule has 0 atom stereocenters. The van der Waals surface area contributed by atoms with Gasteiger partial charge in [-0.05, 0) is 30.3 Å². The predicted octanol–water partition coefficient (Wildman–Crippen LogP) is 1.56. The normalized spacial score (nSPS) is 12.3. The Hall–Kier alpha value is -3.81. The van der Waals surface area contributed by atoms with Crippen molar-refractivity contribution in [3.8, 4) is 0 Å². The van der Waals surface area contributed by atoms with Gasteiger partial charge in [0.1, 0.15) is 0 Å². The second-order valence-electron chi connectivity index (χ2n) is 5.28. The summed E-state index contributed by atoms with van der Waals surface area (Å²) in [6.45, 7) is 0. The van der Waals surface area contributed by atoms with Crippen LogP contribution in [-0.4, -0.2) is 44.8 Å². The molecule has 0 aliphatic heterocycles. The molecule has 0 radical (unpaired) electrons. The van der Waals surface area contributed by atoms with Crippen molar-refractivity contribution >= 4 is 29.5 Å². The Morgan fingerprint density at radius 1 is 0.600 bits per heavy atom. The fourth-order valence-electron chi connectivity index (χ4n) is 2.68. The average molecular weight is 340 g/mol. The molecule has 0 aromatic heterocycles. The van der Waals surface area contributed by atoms with Crippen LogP contribution in [0.2, 0.25) is 0 Å². The van der Waals surface area contributed by atoms with Crippen LogP contribution in [0.4, 0.5) is 0 Å². The van der Waals surface area contributed by atoms with E-state index in [0.717, 1.165) is 24.3 Å². The molecule has 0 bridgehead atoms. The zero-order valence-corrected chi connectivity index (χ0v) is 12.3. The molecule has 0 spiro atoms. The van der Waals surface area contributed by atoms with E-state index in [4.69, 9.17) is 15.3 Å². The summed E-state index contributed by atoms with van der Waals surface area (Å²) >= 11 is 0. The summed E-state index contributed by atoms with van der Waals surface area (Å²) in [5.74, 6) is -5.83. The SMILES string of the molecule is O=C(O)c1ccc2c(c1)C(=O)c1cc(C(=O)O)c(C(=O)O)cc1C2=O. The van der Waals surface area contributed by atoms with Gasteiger partial charge in [-0.1, -0.05) is 0 Å². The second-order valence-corrected chi connectivity index (χ2v) is 5.28. The van der Waals surface area contributed by atoms with Crippen molar-refractivity contribution in [2.24, 2.45) is 0 Å². The fraction of sp³-hybridized carbons (Fsp3) is 0. The molecule has 0 unspecified atom stereocenters. The monoisotopic (exact) mass is 340 g/mol. The molecule has 0 saturated heterocycles. The van der Waals surface area contributed by atoms with Crippen LogP contribution in [0.5, 0.6) is 0 Å². The highest BCUT2D eigenvalue weighted by atomic mass is 16.4. The Labute approximate surface area is 138 Å². The minimum absolute atomic E-state index is 0.0677. The second kappa shape index (κ2) is 5.38. The molecule has 3 N–H and O–H groups in total. The number of rotatable bonds is 3. The van der Waals surface area contributed by atoms with Crippen LogP contribution in [0.1, 0.15) is 62.9 Å². The minimum atomic E-state index is -1.56. The third kappa shape index (κ3) is 2.36. The van der Waals surface area contributed by atoms with Gasteiger partial charge < -0.3 is 15.3 Å². The maximum atomic E-state index is 12.6. The molecule has 2 aromatic carbocycles. The first-order valence-corrected chi connectivity index (χ1v) is 6.83. The summed E-state index contributed by atoms with van der Waals surface area (Å²) in [7, 11) is 0. The Morgan fingerprint density at radius 3 is 1.48 bits per heavy atom. The van der Waals surface area contributed by atoms with Gasteiger partial charge in [0.2, 0.25) is 0 Å². The molecule has 1 aliphatic carbocycles. The molecule has 124 valence electrons. The number of aromatic carboxylic acids is 3. The van der Waals surface area contributed by atoms with Crippen molar-refractivity contribution in [2.75, 3.05) is 0 Å². The third-order valence-corrected chi connectivity index (χ3v) is 3.86. The summed E-state index contributed by atoms with van der Waals surface area (Å²) in [5, 5.41) is 27.3. The molecule has 0 saturated carbocycles. The highest BCUT2D eigenvalue weighted by molar-refractivity contribution is 6.29. The van der Waals surface area contributed by atoms with E-state index >= 15 is 0 Å². The molecule has 0 heterocycles. The van der Waals surface area contributed by atoms with Gasteiger partial charge in [0, 0.05) is 22.3 Å². The zero-order valence-electron chi connectivity index (χ0n) is 12.3. The van der Waals surface area contributed by atoms with E-state index in [-0.39, 0.29) is 27.8 Å². The number of fused-ring (bicyclic) bond motifs is 2. The Bertz CT molecular complexity index is 1020. The molecule has 8 nitrogen and oxygen atoms in total. The number of carboxylic acid groups (broad SMARTS) is 3. The van der Waals surface area contributed by atoms with Gasteiger partial charge >= 0.3 is 17.9 Å². The summed E-state index contributed by atoms with van der Waals surface area (Å²) in [6.07, 6.45) is 0. The standard InChI is InChI=1S/C17H8O8/c18-13-7-2-1-6(15(20)21)3-8(7)14(19)10-5-12(17(24)25)11(16(22)23)4-9(10)13/h1-5H,(H,20,21)(H,22,23)(H,24,25). The molecule has 3 rings (SSSR count). The topological polar surface area (TPSA) is 146 Å². The largest absolute Gasteiger partial charge is 0.478 e. The first-order valence-electron chi connectivity index (χ1n) is 6.83. The maximum absolute atomic E-state index is 12.6. The summed E-state index contributed by atoms with van der Waals surface area (Å²) < 4.78 is 0. The highest BCUT2D eigenvalue weighted by Gasteiger charge is 2.33. The maximum Gasteiger partial charge on any atom is 0.336 e. The first-order chi connectivity index (χ1) is 11.7. The Balaban J connectivity index is 2.30. The molecule has 8 heteroatoms. The number of ketones is 2. The lowest BCUT2D eigenvalue weighted by atomic mass is 9.81. The Kier molecular flexibility index (Phi) is 3.45. The van der Waals surface area contributed by atoms with Gasteiger partial charge in [0.15, 0.2) is 11.6 Å². The van der Waals surface area contributed by atoms with Crippen molar-refractivity contribution in [1.29, 1.82) is 0 Å². The van der Waals surface area contributed by atoms with E-state index in [9.17, 15) is 24.0 Å². The van der Waals surface area contributed by atoms with Crippen molar-refractivity contribution in [3.05, 3.63) is 69.3 Å². The van der Waals surface area contributed by atoms with E-state index < -0.39 is 40.6 Å². The van der Waals surface area contributed by atoms with Crippen LogP contribution >= 0.6 is 0 Å². The van der Waals surface area contributed by atoms with Gasteiger partial charge in [-0.3, -0.25) is 9.59 Å². The summed E-state index contributed by atoms with van der Waals surface area (Å²) in [4.78, 5) is 58.7. The van der Waals surface area contributed by atoms with Crippen LogP contribution in [0.25, 0.3) is 0 Å². The van der Waals surface area contributed by atoms with Crippen LogP contribution in [0.3, 0.4) is 0 Å². The fourth-order valence-corrected chi connectivity index (χ4v) is 2.68. The number of hydrogen-bond acceptors (Lipinski definition) is 5. The van der Waals surface area contributed by atoms with E-state index in [1.807, 2.05) is 0 Å². The average Bonchev–Trinajstić information content (AvgIpc) is 2.57. The zero-order chi connectivity index (χ0) is 18.5. The lowest BCUT2D eigenvalue weighted by molar-refractivity contribution is 0.0651. The van der Waals surface area contributed by atoms with Gasteiger partial charge in [-0.25, -0.2) is 14.4 Å². The number of carboxylic acids is 3. The van der Waals surface area contributed by atoms with Crippen LogP contribution in [0.15, 0.2) is 30.3 Å². The summed E-state index contributed by atoms with van der Waals surface area (Å²) in [6, 6.07) is 5.05. The van der Waals surface area contributed by atoms with Gasteiger partial charge in [0.25, 0.3) is 0 Å². The first kappa shape index (κ1) is 16.1. The van der Waals surface area contributed by atoms with E-state index in [1.165, 1.54) is 6.07 Å². The molecule has 0 fully saturated rings. The predicted molar refractivity (Wildman–Crippen MR) is 80.6 cm³/mol. The van der Waals surface area contributed by atoms with Crippen LogP contribution < -0.4 is 0 Å². The third-order valence-electron chi connectivity index (χ3n) is 3.86. The van der Waals surface area contributed by atoms with E-state index in [1.54, 1.807) is 0 Å². The summed E-state index contributed by atoms with van der Waals surface area (Å²) in [5.41, 5.74) is -2.20. The molecule has 1 aliphatic rings. The number of hydrogen-bond donors (Lipinski definition) is 3. The number of carbonyl (C=O) groups excluding carboxylic acids is 2. The van der Waals surface area contributed by atoms with Gasteiger partial charge in [-0.2, -0.15) is 0 Å². The van der Waals surface area contributed by atoms with E-state index in [2.05, 4.69) is 0 Å². The van der Waals surface area contributed by atoms with Crippen LogP contribution in [0, 0.1) is 0 Å². The van der Waals surface area contributed by atoms with Gasteiger partial charge in [0.05, 0.1) is 16.7 Å². The smallest absolute Gasteiger partial charge is 0.336 e. The van der Waals surface area contributed by atoms with Crippen molar-refractivity contribution in [3.63, 3.8) is 0 Å². The number of benzene rings is 2. The Morgan fingerprint density at radius 2 is 1.04 bits per heavy atom. The lowest BCUT2D eigenvalue weighted by Gasteiger charge is -2.19. The van der Waals surface area contributed by atoms with Gasteiger partial charge in [-0.15, -0.1) is 0 Å². The molecular formula is C17H8O8. The number of carbonyl (C=O) groups is 5. The molecular weight excluding hydrogens is 332 g/mol. The highest BCUT2D eigenvalue weighted by Crippen LogP contribution is 2.30. The van der Waals surface area contributed by atoms with Crippen molar-refractivity contribution < 1.29 is 39.3 Å².